The number of aromatic amines is 1. The number of hydrogen-bond acceptors (Lipinski definition) is 6. The van der Waals surface area contributed by atoms with Gasteiger partial charge >= 0.3 is 0 Å². The normalized spacial score (nSPS) is 10.9. The smallest absolute Gasteiger partial charge is 0.293 e. The van der Waals surface area contributed by atoms with Crippen molar-refractivity contribution >= 4 is 34.4 Å². The number of anilines is 1. The maximum absolute atomic E-state index is 12.8. The summed E-state index contributed by atoms with van der Waals surface area (Å²) >= 11 is 6.12. The lowest BCUT2D eigenvalue weighted by molar-refractivity contribution is -0.121. The molecule has 164 valence electrons. The zero-order valence-corrected chi connectivity index (χ0v) is 18.2. The lowest BCUT2D eigenvalue weighted by Gasteiger charge is -2.12. The summed E-state index contributed by atoms with van der Waals surface area (Å²) in [5.41, 5.74) is 2.67. The second-order valence-corrected chi connectivity index (χ2v) is 7.70. The van der Waals surface area contributed by atoms with Crippen LogP contribution in [-0.2, 0) is 24.3 Å². The number of H-pyrrole nitrogens is 1. The standard InChI is InChI=1S/C22H22ClN7O2/c1-14-9-27-21(25-7-5-16-4-2-3-6-24-16)22(32)30(14)13-19(31)26-10-15-8-17-18(23)12-29-20(17)28-11-15/h2-4,6,8-9,11-12H,5,7,10,13H2,1H3,(H,25,27)(H,26,31)(H,28,29). The molecule has 4 aromatic heterocycles. The topological polar surface area (TPSA) is 118 Å². The molecular weight excluding hydrogens is 430 g/mol. The monoisotopic (exact) mass is 451 g/mol. The Morgan fingerprint density at radius 2 is 2.09 bits per heavy atom. The number of fused-ring (bicyclic) bond motifs is 1. The molecule has 0 aromatic carbocycles. The quantitative estimate of drug-likeness (QED) is 0.378. The van der Waals surface area contributed by atoms with Gasteiger partial charge in [-0.1, -0.05) is 17.7 Å². The summed E-state index contributed by atoms with van der Waals surface area (Å²) in [5.74, 6) is -0.0859. The molecule has 3 N–H and O–H groups in total. The summed E-state index contributed by atoms with van der Waals surface area (Å²) in [5, 5.41) is 7.23. The highest BCUT2D eigenvalue weighted by atomic mass is 35.5. The molecule has 0 atom stereocenters. The minimum atomic E-state index is -0.344. The third-order valence-corrected chi connectivity index (χ3v) is 5.30. The van der Waals surface area contributed by atoms with Crippen LogP contribution in [0.2, 0.25) is 5.02 Å². The van der Waals surface area contributed by atoms with Crippen LogP contribution in [0, 0.1) is 6.92 Å². The fraction of sp³-hybridized carbons (Fsp3) is 0.227. The number of nitrogens with zero attached hydrogens (tertiary/aromatic N) is 4. The predicted molar refractivity (Wildman–Crippen MR) is 123 cm³/mol. The van der Waals surface area contributed by atoms with Gasteiger partial charge in [-0.3, -0.25) is 19.1 Å². The first-order valence-electron chi connectivity index (χ1n) is 10.1. The van der Waals surface area contributed by atoms with Crippen LogP contribution >= 0.6 is 11.6 Å². The molecule has 0 aliphatic rings. The van der Waals surface area contributed by atoms with E-state index < -0.39 is 0 Å². The second-order valence-electron chi connectivity index (χ2n) is 7.29. The third kappa shape index (κ3) is 4.94. The second kappa shape index (κ2) is 9.61. The van der Waals surface area contributed by atoms with Gasteiger partial charge in [0.2, 0.25) is 5.91 Å². The fourth-order valence-electron chi connectivity index (χ4n) is 3.26. The number of pyridine rings is 2. The van der Waals surface area contributed by atoms with Gasteiger partial charge in [-0.05, 0) is 30.7 Å². The van der Waals surface area contributed by atoms with Crippen molar-refractivity contribution in [1.29, 1.82) is 0 Å². The number of halogens is 1. The van der Waals surface area contributed by atoms with Crippen molar-refractivity contribution < 1.29 is 4.79 Å². The van der Waals surface area contributed by atoms with Crippen LogP contribution in [0.25, 0.3) is 11.0 Å². The fourth-order valence-corrected chi connectivity index (χ4v) is 3.45. The van der Waals surface area contributed by atoms with Crippen LogP contribution in [0.3, 0.4) is 0 Å². The summed E-state index contributed by atoms with van der Waals surface area (Å²) in [6, 6.07) is 7.56. The van der Waals surface area contributed by atoms with Crippen molar-refractivity contribution in [3.05, 3.63) is 81.4 Å². The highest BCUT2D eigenvalue weighted by molar-refractivity contribution is 6.35. The van der Waals surface area contributed by atoms with Gasteiger partial charge in [-0.25, -0.2) is 9.97 Å². The van der Waals surface area contributed by atoms with E-state index in [2.05, 4.69) is 30.6 Å². The molecule has 10 heteroatoms. The molecule has 1 amide bonds. The largest absolute Gasteiger partial charge is 0.365 e. The molecule has 0 unspecified atom stereocenters. The van der Waals surface area contributed by atoms with E-state index in [1.54, 1.807) is 31.7 Å². The number of aromatic nitrogens is 5. The lowest BCUT2D eigenvalue weighted by Crippen LogP contribution is -2.34. The van der Waals surface area contributed by atoms with E-state index in [0.29, 0.717) is 29.3 Å². The average Bonchev–Trinajstić information content (AvgIpc) is 3.17. The molecule has 0 fully saturated rings. The number of aryl methyl sites for hydroxylation is 1. The van der Waals surface area contributed by atoms with Crippen molar-refractivity contribution in [2.75, 3.05) is 11.9 Å². The van der Waals surface area contributed by atoms with E-state index in [1.165, 1.54) is 4.57 Å². The Morgan fingerprint density at radius 1 is 1.22 bits per heavy atom. The van der Waals surface area contributed by atoms with E-state index in [-0.39, 0.29) is 30.4 Å². The van der Waals surface area contributed by atoms with Crippen molar-refractivity contribution in [1.82, 2.24) is 29.8 Å². The Balaban J connectivity index is 1.37. The maximum atomic E-state index is 12.8. The van der Waals surface area contributed by atoms with Crippen LogP contribution in [0.4, 0.5) is 5.82 Å². The highest BCUT2D eigenvalue weighted by Crippen LogP contribution is 2.21. The zero-order chi connectivity index (χ0) is 22.5. The van der Waals surface area contributed by atoms with Crippen LogP contribution in [0.5, 0.6) is 0 Å². The minimum Gasteiger partial charge on any atom is -0.365 e. The van der Waals surface area contributed by atoms with Gasteiger partial charge in [-0.2, -0.15) is 0 Å². The Morgan fingerprint density at radius 3 is 2.91 bits per heavy atom. The van der Waals surface area contributed by atoms with Crippen LogP contribution in [0.15, 0.2) is 53.8 Å². The van der Waals surface area contributed by atoms with Crippen molar-refractivity contribution in [2.45, 2.75) is 26.4 Å². The first-order chi connectivity index (χ1) is 15.5. The summed E-state index contributed by atoms with van der Waals surface area (Å²) < 4.78 is 1.40. The van der Waals surface area contributed by atoms with Crippen molar-refractivity contribution in [3.63, 3.8) is 0 Å². The number of amides is 1. The molecule has 4 heterocycles. The van der Waals surface area contributed by atoms with Gasteiger partial charge in [-0.15, -0.1) is 0 Å². The molecule has 32 heavy (non-hydrogen) atoms. The average molecular weight is 452 g/mol. The van der Waals surface area contributed by atoms with Gasteiger partial charge in [0.1, 0.15) is 12.2 Å². The van der Waals surface area contributed by atoms with Crippen molar-refractivity contribution in [3.8, 4) is 0 Å². The lowest BCUT2D eigenvalue weighted by atomic mass is 10.2. The van der Waals surface area contributed by atoms with E-state index in [9.17, 15) is 9.59 Å². The predicted octanol–water partition coefficient (Wildman–Crippen LogP) is 2.45. The Labute approximate surface area is 188 Å². The molecule has 4 aromatic rings. The van der Waals surface area contributed by atoms with E-state index in [0.717, 1.165) is 16.6 Å². The first kappa shape index (κ1) is 21.5. The molecule has 0 aliphatic heterocycles. The Hall–Kier alpha value is -3.72. The summed E-state index contributed by atoms with van der Waals surface area (Å²) in [6.07, 6.45) is 7.29. The Kier molecular flexibility index (Phi) is 6.46. The molecule has 0 bridgehead atoms. The summed E-state index contributed by atoms with van der Waals surface area (Å²) in [7, 11) is 0. The first-order valence-corrected chi connectivity index (χ1v) is 10.5. The molecule has 0 spiro atoms. The summed E-state index contributed by atoms with van der Waals surface area (Å²) in [4.78, 5) is 41.0. The third-order valence-electron chi connectivity index (χ3n) is 4.98. The molecule has 4 rings (SSSR count). The van der Waals surface area contributed by atoms with Gasteiger partial charge in [0, 0.05) is 61.1 Å². The number of hydrogen-bond donors (Lipinski definition) is 3. The van der Waals surface area contributed by atoms with Gasteiger partial charge < -0.3 is 15.6 Å². The molecule has 0 radical (unpaired) electrons. The van der Waals surface area contributed by atoms with Crippen molar-refractivity contribution in [2.24, 2.45) is 0 Å². The maximum Gasteiger partial charge on any atom is 0.293 e. The molecule has 9 nitrogen and oxygen atoms in total. The number of carbonyl (C=O) groups excluding carboxylic acids is 1. The van der Waals surface area contributed by atoms with Gasteiger partial charge in [0.15, 0.2) is 5.82 Å². The van der Waals surface area contributed by atoms with Gasteiger partial charge in [0.25, 0.3) is 5.56 Å². The molecule has 0 saturated heterocycles. The van der Waals surface area contributed by atoms with Crippen LogP contribution in [0.1, 0.15) is 17.0 Å². The molecular formula is C22H22ClN7O2. The molecule has 0 saturated carbocycles. The van der Waals surface area contributed by atoms with Crippen LogP contribution < -0.4 is 16.2 Å². The van der Waals surface area contributed by atoms with Crippen LogP contribution in [-0.4, -0.2) is 37.0 Å². The van der Waals surface area contributed by atoms with Gasteiger partial charge in [0.05, 0.1) is 5.02 Å². The Bertz CT molecular complexity index is 1300. The van der Waals surface area contributed by atoms with E-state index in [4.69, 9.17) is 11.6 Å². The number of nitrogens with one attached hydrogen (secondary N) is 3. The molecule has 0 aliphatic carbocycles. The number of rotatable bonds is 8. The highest BCUT2D eigenvalue weighted by Gasteiger charge is 2.12. The van der Waals surface area contributed by atoms with E-state index in [1.807, 2.05) is 24.3 Å². The summed E-state index contributed by atoms with van der Waals surface area (Å²) in [6.45, 7) is 2.41. The zero-order valence-electron chi connectivity index (χ0n) is 17.4. The SMILES string of the molecule is Cc1cnc(NCCc2ccccn2)c(=O)n1CC(=O)NCc1cnc2[nH]cc(Cl)c2c1. The number of carbonyl (C=O) groups is 1. The minimum absolute atomic E-state index is 0.108. The van der Waals surface area contributed by atoms with E-state index >= 15 is 0 Å².